The molecule has 218 valence electrons. The van der Waals surface area contributed by atoms with Crippen molar-refractivity contribution >= 4 is 10.1 Å². The number of hydrogen-bond acceptors (Lipinski definition) is 8. The summed E-state index contributed by atoms with van der Waals surface area (Å²) < 4.78 is 54.5. The Bertz CT molecular complexity index is 1100. The minimum atomic E-state index is -3.34. The molecule has 0 bridgehead atoms. The van der Waals surface area contributed by atoms with E-state index in [4.69, 9.17) is 27.9 Å². The van der Waals surface area contributed by atoms with E-state index >= 15 is 0 Å². The van der Waals surface area contributed by atoms with Crippen LogP contribution >= 0.6 is 0 Å². The molecule has 2 atom stereocenters. The van der Waals surface area contributed by atoms with Gasteiger partial charge in [0, 0.05) is 31.6 Å². The molecule has 0 amide bonds. The highest BCUT2D eigenvalue weighted by Gasteiger charge is 2.42. The maximum atomic E-state index is 11.0. The molecule has 0 aliphatic carbocycles. The summed E-state index contributed by atoms with van der Waals surface area (Å²) in [5.41, 5.74) is 2.24. The lowest BCUT2D eigenvalue weighted by molar-refractivity contribution is 0.0505. The zero-order chi connectivity index (χ0) is 28.1. The van der Waals surface area contributed by atoms with Crippen molar-refractivity contribution in [2.45, 2.75) is 69.6 Å². The van der Waals surface area contributed by atoms with Gasteiger partial charge in [-0.05, 0) is 42.2 Å². The van der Waals surface area contributed by atoms with E-state index in [-0.39, 0.29) is 31.5 Å². The molecule has 1 aliphatic rings. The second-order valence-corrected chi connectivity index (χ2v) is 12.0. The number of hydrogen-bond donors (Lipinski definition) is 0. The molecule has 0 saturated heterocycles. The average molecular weight is 565 g/mol. The van der Waals surface area contributed by atoms with Crippen molar-refractivity contribution in [3.05, 3.63) is 53.6 Å². The highest BCUT2D eigenvalue weighted by atomic mass is 32.2. The molecule has 0 unspecified atom stereocenters. The van der Waals surface area contributed by atoms with Gasteiger partial charge in [0.05, 0.1) is 19.5 Å². The highest BCUT2D eigenvalue weighted by molar-refractivity contribution is 7.85. The van der Waals surface area contributed by atoms with Crippen LogP contribution < -0.4 is 14.2 Å². The Morgan fingerprint density at radius 1 is 0.846 bits per heavy atom. The fourth-order valence-corrected chi connectivity index (χ4v) is 5.60. The van der Waals surface area contributed by atoms with Crippen LogP contribution in [0.5, 0.6) is 17.2 Å². The molecule has 1 aliphatic heterocycles. The van der Waals surface area contributed by atoms with Crippen LogP contribution in [0.3, 0.4) is 0 Å². The van der Waals surface area contributed by atoms with Crippen LogP contribution in [0.1, 0.15) is 75.3 Å². The Labute approximate surface area is 234 Å². The maximum Gasteiger partial charge on any atom is 0.264 e. The molecule has 0 saturated carbocycles. The van der Waals surface area contributed by atoms with Gasteiger partial charge in [0.15, 0.2) is 13.6 Å². The van der Waals surface area contributed by atoms with Gasteiger partial charge in [-0.1, -0.05) is 63.6 Å². The number of fused-ring (bicyclic) bond motifs is 1. The van der Waals surface area contributed by atoms with Crippen molar-refractivity contribution in [2.75, 3.05) is 47.3 Å². The number of unbranched alkanes of at least 4 members (excludes halogenated alkanes) is 6. The fourth-order valence-electron chi connectivity index (χ4n) is 5.18. The van der Waals surface area contributed by atoms with E-state index in [0.29, 0.717) is 6.61 Å². The predicted octanol–water partition coefficient (Wildman–Crippen LogP) is 6.18. The molecule has 0 fully saturated rings. The summed E-state index contributed by atoms with van der Waals surface area (Å²) in [6.45, 7) is 3.56. The smallest absolute Gasteiger partial charge is 0.264 e. The Balaban J connectivity index is 1.62. The first-order valence-electron chi connectivity index (χ1n) is 13.7. The molecule has 0 aromatic heterocycles. The second kappa shape index (κ2) is 15.5. The van der Waals surface area contributed by atoms with Gasteiger partial charge >= 0.3 is 0 Å². The minimum absolute atomic E-state index is 0.193. The van der Waals surface area contributed by atoms with Crippen LogP contribution in [0.4, 0.5) is 0 Å². The van der Waals surface area contributed by atoms with Gasteiger partial charge in [-0.3, -0.25) is 4.18 Å². The standard InChI is InChI=1S/C30H44O8S/c1-30(24-13-15-25(16-14-24)36-22-33-2)21-35-29-20-26(37-23-34-3)17-18-27(29)28(30)12-10-8-6-5-7-9-11-19-38-39(4,31)32/h13-18,20,28H,5-12,19,21-23H2,1-4H3/t28-,30+/m0/s1. The first-order valence-corrected chi connectivity index (χ1v) is 15.5. The zero-order valence-corrected chi connectivity index (χ0v) is 24.6. The van der Waals surface area contributed by atoms with E-state index in [1.54, 1.807) is 14.2 Å². The van der Waals surface area contributed by atoms with Crippen LogP contribution in [0.25, 0.3) is 0 Å². The summed E-state index contributed by atoms with van der Waals surface area (Å²) >= 11 is 0. The van der Waals surface area contributed by atoms with Gasteiger partial charge in [-0.2, -0.15) is 8.42 Å². The molecule has 8 nitrogen and oxygen atoms in total. The molecule has 2 aromatic carbocycles. The van der Waals surface area contributed by atoms with Crippen molar-refractivity contribution in [1.29, 1.82) is 0 Å². The molecule has 39 heavy (non-hydrogen) atoms. The molecule has 3 rings (SSSR count). The summed E-state index contributed by atoms with van der Waals surface area (Å²) in [6.07, 6.45) is 9.57. The first-order chi connectivity index (χ1) is 18.8. The first kappa shape index (κ1) is 31.2. The highest BCUT2D eigenvalue weighted by Crippen LogP contribution is 2.50. The van der Waals surface area contributed by atoms with Gasteiger partial charge in [0.1, 0.15) is 17.2 Å². The molecule has 9 heteroatoms. The van der Waals surface area contributed by atoms with E-state index in [0.717, 1.165) is 74.9 Å². The third-order valence-electron chi connectivity index (χ3n) is 7.29. The van der Waals surface area contributed by atoms with Crippen molar-refractivity contribution in [3.63, 3.8) is 0 Å². The molecule has 0 radical (unpaired) electrons. The fraction of sp³-hybridized carbons (Fsp3) is 0.600. The van der Waals surface area contributed by atoms with Gasteiger partial charge in [0.2, 0.25) is 0 Å². The normalized spacial score (nSPS) is 18.8. The molecule has 2 aromatic rings. The average Bonchev–Trinajstić information content (AvgIpc) is 2.92. The summed E-state index contributed by atoms with van der Waals surface area (Å²) in [6, 6.07) is 14.4. The Kier molecular flexibility index (Phi) is 12.4. The maximum absolute atomic E-state index is 11.0. The third-order valence-corrected chi connectivity index (χ3v) is 7.89. The second-order valence-electron chi connectivity index (χ2n) is 10.4. The van der Waals surface area contributed by atoms with Gasteiger partial charge in [-0.25, -0.2) is 0 Å². The van der Waals surface area contributed by atoms with Crippen LogP contribution in [0.15, 0.2) is 42.5 Å². The third kappa shape index (κ3) is 9.67. The lowest BCUT2D eigenvalue weighted by Crippen LogP contribution is -2.40. The van der Waals surface area contributed by atoms with Crippen molar-refractivity contribution in [3.8, 4) is 17.2 Å². The summed E-state index contributed by atoms with van der Waals surface area (Å²) in [5.74, 6) is 2.68. The largest absolute Gasteiger partial charge is 0.492 e. The lowest BCUT2D eigenvalue weighted by atomic mass is 9.66. The van der Waals surface area contributed by atoms with Crippen molar-refractivity contribution in [2.24, 2.45) is 0 Å². The van der Waals surface area contributed by atoms with Crippen molar-refractivity contribution < 1.29 is 36.3 Å². The van der Waals surface area contributed by atoms with E-state index in [1.807, 2.05) is 24.3 Å². The van der Waals surface area contributed by atoms with Crippen LogP contribution in [-0.4, -0.2) is 55.7 Å². The molecule has 0 spiro atoms. The number of ether oxygens (including phenoxy) is 5. The van der Waals surface area contributed by atoms with Crippen LogP contribution in [-0.2, 0) is 29.2 Å². The molecular formula is C30H44O8S. The van der Waals surface area contributed by atoms with Crippen LogP contribution in [0, 0.1) is 0 Å². The Hall–Kier alpha value is -2.33. The number of rotatable bonds is 18. The van der Waals surface area contributed by atoms with Gasteiger partial charge < -0.3 is 23.7 Å². The molecule has 0 N–H and O–H groups in total. The number of methoxy groups -OCH3 is 2. The lowest BCUT2D eigenvalue weighted by Gasteiger charge is -2.43. The van der Waals surface area contributed by atoms with Gasteiger partial charge in [0.25, 0.3) is 10.1 Å². The van der Waals surface area contributed by atoms with E-state index in [1.165, 1.54) is 11.1 Å². The summed E-state index contributed by atoms with van der Waals surface area (Å²) in [7, 11) is -0.119. The van der Waals surface area contributed by atoms with E-state index in [9.17, 15) is 8.42 Å². The summed E-state index contributed by atoms with van der Waals surface area (Å²) in [4.78, 5) is 0. The quantitative estimate of drug-likeness (QED) is 0.120. The van der Waals surface area contributed by atoms with Crippen LogP contribution in [0.2, 0.25) is 0 Å². The van der Waals surface area contributed by atoms with E-state index < -0.39 is 10.1 Å². The minimum Gasteiger partial charge on any atom is -0.492 e. The number of benzene rings is 2. The summed E-state index contributed by atoms with van der Waals surface area (Å²) in [5, 5.41) is 0. The molecule has 1 heterocycles. The Morgan fingerprint density at radius 2 is 1.44 bits per heavy atom. The van der Waals surface area contributed by atoms with Gasteiger partial charge in [-0.15, -0.1) is 0 Å². The van der Waals surface area contributed by atoms with Crippen molar-refractivity contribution in [1.82, 2.24) is 0 Å². The van der Waals surface area contributed by atoms with E-state index in [2.05, 4.69) is 25.1 Å². The topological polar surface area (TPSA) is 89.5 Å². The Morgan fingerprint density at radius 3 is 2.08 bits per heavy atom. The zero-order valence-electron chi connectivity index (χ0n) is 23.8. The predicted molar refractivity (Wildman–Crippen MR) is 151 cm³/mol. The molecular weight excluding hydrogens is 520 g/mol. The SMILES string of the molecule is COCOc1ccc([C@@]2(C)COc3cc(OCOC)ccc3[C@@H]2CCCCCCCCCOS(C)(=O)=O)cc1. The monoisotopic (exact) mass is 564 g/mol.